The molecule has 15 heavy (non-hydrogen) atoms. The third-order valence-corrected chi connectivity index (χ3v) is 2.04. The Labute approximate surface area is 83.1 Å². The third kappa shape index (κ3) is 1.45. The van der Waals surface area contributed by atoms with Crippen molar-refractivity contribution in [2.75, 3.05) is 7.11 Å². The number of aromatic amines is 2. The van der Waals surface area contributed by atoms with Crippen molar-refractivity contribution in [1.29, 1.82) is 0 Å². The maximum Gasteiger partial charge on any atom is 0.326 e. The van der Waals surface area contributed by atoms with E-state index in [0.29, 0.717) is 5.52 Å². The van der Waals surface area contributed by atoms with Gasteiger partial charge in [-0.25, -0.2) is 4.79 Å². The van der Waals surface area contributed by atoms with Crippen LogP contribution >= 0.6 is 0 Å². The van der Waals surface area contributed by atoms with Gasteiger partial charge in [-0.1, -0.05) is 0 Å². The van der Waals surface area contributed by atoms with Gasteiger partial charge in [-0.3, -0.25) is 9.78 Å². The van der Waals surface area contributed by atoms with E-state index < -0.39 is 11.2 Å². The average molecular weight is 208 g/mol. The first-order chi connectivity index (χ1) is 7.11. The highest BCUT2D eigenvalue weighted by molar-refractivity contribution is 5.81. The van der Waals surface area contributed by atoms with Crippen LogP contribution in [0.2, 0.25) is 0 Å². The van der Waals surface area contributed by atoms with Gasteiger partial charge in [-0.15, -0.1) is 0 Å². The van der Waals surface area contributed by atoms with Crippen molar-refractivity contribution >= 4 is 10.9 Å². The number of aromatic nitrogens is 2. The fourth-order valence-electron chi connectivity index (χ4n) is 1.35. The van der Waals surface area contributed by atoms with E-state index in [2.05, 4.69) is 9.97 Å². The number of aromatic hydroxyl groups is 1. The van der Waals surface area contributed by atoms with E-state index in [1.165, 1.54) is 19.2 Å². The number of phenolic OH excluding ortho intramolecular Hbond substituents is 1. The van der Waals surface area contributed by atoms with Gasteiger partial charge in [0.25, 0.3) is 5.56 Å². The quantitative estimate of drug-likeness (QED) is 0.611. The fraction of sp³-hybridized carbons (Fsp3) is 0.111. The minimum atomic E-state index is -0.597. The number of fused-ring (bicyclic) bond motifs is 1. The summed E-state index contributed by atoms with van der Waals surface area (Å²) < 4.78 is 4.85. The summed E-state index contributed by atoms with van der Waals surface area (Å²) in [5.74, 6) is 0.0475. The Morgan fingerprint density at radius 3 is 2.67 bits per heavy atom. The molecule has 0 fully saturated rings. The number of nitrogens with one attached hydrogen (secondary N) is 2. The minimum Gasteiger partial charge on any atom is -0.504 e. The topological polar surface area (TPSA) is 95.2 Å². The molecule has 6 heteroatoms. The van der Waals surface area contributed by atoms with Crippen LogP contribution in [-0.2, 0) is 0 Å². The Bertz CT molecular complexity index is 626. The molecule has 0 radical (unpaired) electrons. The summed E-state index contributed by atoms with van der Waals surface area (Å²) in [4.78, 5) is 26.8. The average Bonchev–Trinajstić information content (AvgIpc) is 2.18. The fourth-order valence-corrected chi connectivity index (χ4v) is 1.35. The summed E-state index contributed by atoms with van der Waals surface area (Å²) >= 11 is 0. The van der Waals surface area contributed by atoms with Crippen molar-refractivity contribution in [3.8, 4) is 11.5 Å². The molecule has 0 bridgehead atoms. The molecule has 0 aliphatic heterocycles. The van der Waals surface area contributed by atoms with Crippen LogP contribution in [0.1, 0.15) is 0 Å². The van der Waals surface area contributed by atoms with Gasteiger partial charge in [0.05, 0.1) is 18.0 Å². The first-order valence-electron chi connectivity index (χ1n) is 4.15. The molecule has 3 N–H and O–H groups in total. The third-order valence-electron chi connectivity index (χ3n) is 2.04. The molecule has 2 aromatic rings. The van der Waals surface area contributed by atoms with E-state index in [-0.39, 0.29) is 16.9 Å². The van der Waals surface area contributed by atoms with Gasteiger partial charge in [0.15, 0.2) is 11.5 Å². The Balaban J connectivity index is 2.93. The second-order valence-corrected chi connectivity index (χ2v) is 2.98. The van der Waals surface area contributed by atoms with Crippen molar-refractivity contribution in [1.82, 2.24) is 9.97 Å². The van der Waals surface area contributed by atoms with Crippen LogP contribution in [0.15, 0.2) is 21.7 Å². The molecule has 0 saturated carbocycles. The maximum absolute atomic E-state index is 11.3. The zero-order chi connectivity index (χ0) is 11.0. The Kier molecular flexibility index (Phi) is 1.96. The summed E-state index contributed by atoms with van der Waals surface area (Å²) in [5.41, 5.74) is -0.828. The molecule has 0 spiro atoms. The second kappa shape index (κ2) is 3.16. The summed E-state index contributed by atoms with van der Waals surface area (Å²) in [6.07, 6.45) is 0. The monoisotopic (exact) mass is 208 g/mol. The SMILES string of the molecule is COc1cc2[nH]c(=O)[nH]c(=O)c2cc1O. The second-order valence-electron chi connectivity index (χ2n) is 2.98. The summed E-state index contributed by atoms with van der Waals surface area (Å²) in [6.45, 7) is 0. The van der Waals surface area contributed by atoms with Crippen LogP contribution in [0.5, 0.6) is 11.5 Å². The van der Waals surface area contributed by atoms with Gasteiger partial charge in [-0.2, -0.15) is 0 Å². The van der Waals surface area contributed by atoms with Gasteiger partial charge in [0.2, 0.25) is 0 Å². The van der Waals surface area contributed by atoms with E-state index in [0.717, 1.165) is 0 Å². The Morgan fingerprint density at radius 1 is 1.27 bits per heavy atom. The molecule has 0 saturated heterocycles. The minimum absolute atomic E-state index is 0.150. The van der Waals surface area contributed by atoms with E-state index >= 15 is 0 Å². The molecule has 1 aromatic carbocycles. The normalized spacial score (nSPS) is 10.5. The lowest BCUT2D eigenvalue weighted by Gasteiger charge is -2.04. The number of H-pyrrole nitrogens is 2. The lowest BCUT2D eigenvalue weighted by molar-refractivity contribution is 0.374. The van der Waals surface area contributed by atoms with Crippen molar-refractivity contribution < 1.29 is 9.84 Å². The first kappa shape index (κ1) is 9.32. The summed E-state index contributed by atoms with van der Waals surface area (Å²) in [6, 6.07) is 2.63. The van der Waals surface area contributed by atoms with E-state index in [4.69, 9.17) is 4.74 Å². The van der Waals surface area contributed by atoms with Crippen molar-refractivity contribution in [3.63, 3.8) is 0 Å². The van der Waals surface area contributed by atoms with Gasteiger partial charge in [0.1, 0.15) is 0 Å². The smallest absolute Gasteiger partial charge is 0.326 e. The lowest BCUT2D eigenvalue weighted by atomic mass is 10.2. The number of rotatable bonds is 1. The van der Waals surface area contributed by atoms with Crippen LogP contribution in [0.25, 0.3) is 10.9 Å². The number of methoxy groups -OCH3 is 1. The zero-order valence-electron chi connectivity index (χ0n) is 7.83. The standard InChI is InChI=1S/C9H8N2O4/c1-15-7-3-5-4(2-6(7)12)8(13)11-9(14)10-5/h2-3,12H,1H3,(H2,10,11,13,14). The van der Waals surface area contributed by atoms with E-state index in [1.54, 1.807) is 0 Å². The predicted molar refractivity (Wildman–Crippen MR) is 53.4 cm³/mol. The molecule has 0 atom stereocenters. The zero-order valence-corrected chi connectivity index (χ0v) is 7.83. The number of ether oxygens (including phenoxy) is 1. The van der Waals surface area contributed by atoms with Gasteiger partial charge in [-0.05, 0) is 6.07 Å². The predicted octanol–water partition coefficient (Wildman–Crippen LogP) is -0.0694. The van der Waals surface area contributed by atoms with Crippen molar-refractivity contribution in [3.05, 3.63) is 33.0 Å². The van der Waals surface area contributed by atoms with Crippen LogP contribution in [0.4, 0.5) is 0 Å². The maximum atomic E-state index is 11.3. The molecule has 0 unspecified atom stereocenters. The molecule has 1 heterocycles. The van der Waals surface area contributed by atoms with E-state index in [1.807, 2.05) is 0 Å². The lowest BCUT2D eigenvalue weighted by Crippen LogP contribution is -2.21. The largest absolute Gasteiger partial charge is 0.504 e. The first-order valence-corrected chi connectivity index (χ1v) is 4.15. The van der Waals surface area contributed by atoms with Crippen LogP contribution in [0.3, 0.4) is 0 Å². The molecular weight excluding hydrogens is 200 g/mol. The molecule has 2 rings (SSSR count). The molecule has 0 amide bonds. The summed E-state index contributed by atoms with van der Waals surface area (Å²) in [7, 11) is 1.38. The highest BCUT2D eigenvalue weighted by Crippen LogP contribution is 2.28. The van der Waals surface area contributed by atoms with Crippen LogP contribution in [0, 0.1) is 0 Å². The number of hydrogen-bond donors (Lipinski definition) is 3. The van der Waals surface area contributed by atoms with Crippen molar-refractivity contribution in [2.24, 2.45) is 0 Å². The molecule has 78 valence electrons. The highest BCUT2D eigenvalue weighted by Gasteiger charge is 2.07. The Morgan fingerprint density at radius 2 is 2.00 bits per heavy atom. The molecule has 6 nitrogen and oxygen atoms in total. The molecule has 1 aromatic heterocycles. The van der Waals surface area contributed by atoms with Gasteiger partial charge in [0, 0.05) is 6.07 Å². The number of hydrogen-bond acceptors (Lipinski definition) is 4. The molecule has 0 aliphatic rings. The highest BCUT2D eigenvalue weighted by atomic mass is 16.5. The van der Waals surface area contributed by atoms with E-state index in [9.17, 15) is 14.7 Å². The van der Waals surface area contributed by atoms with Crippen molar-refractivity contribution in [2.45, 2.75) is 0 Å². The molecule has 0 aliphatic carbocycles. The molecular formula is C9H8N2O4. The van der Waals surface area contributed by atoms with Crippen LogP contribution in [-0.4, -0.2) is 22.2 Å². The van der Waals surface area contributed by atoms with Gasteiger partial charge >= 0.3 is 5.69 Å². The summed E-state index contributed by atoms with van der Waals surface area (Å²) in [5, 5.41) is 9.63. The number of benzene rings is 1. The van der Waals surface area contributed by atoms with Crippen LogP contribution < -0.4 is 16.0 Å². The number of phenols is 1. The van der Waals surface area contributed by atoms with Gasteiger partial charge < -0.3 is 14.8 Å². The Hall–Kier alpha value is -2.24.